The van der Waals surface area contributed by atoms with Gasteiger partial charge in [0.1, 0.15) is 17.2 Å². The topological polar surface area (TPSA) is 54.0 Å². The van der Waals surface area contributed by atoms with Crippen molar-refractivity contribution in [3.05, 3.63) is 91.0 Å². The largest absolute Gasteiger partial charge is 0.516 e. The average Bonchev–Trinajstić information content (AvgIpc) is 2.70. The van der Waals surface area contributed by atoms with Crippen molar-refractivity contribution in [3.63, 3.8) is 0 Å². The fourth-order valence-electron chi connectivity index (χ4n) is 2.30. The summed E-state index contributed by atoms with van der Waals surface area (Å²) < 4.78 is 21.9. The van der Waals surface area contributed by atoms with Gasteiger partial charge in [0.05, 0.1) is 13.0 Å². The van der Waals surface area contributed by atoms with Gasteiger partial charge in [0.2, 0.25) is 0 Å². The maximum atomic E-state index is 12.1. The number of rotatable bonds is 8. The maximum absolute atomic E-state index is 12.1. The van der Waals surface area contributed by atoms with Crippen LogP contribution in [0.2, 0.25) is 0 Å². The van der Waals surface area contributed by atoms with Crippen molar-refractivity contribution in [1.82, 2.24) is 0 Å². The van der Waals surface area contributed by atoms with Gasteiger partial charge in [0.25, 0.3) is 6.29 Å². The highest BCUT2D eigenvalue weighted by Gasteiger charge is 2.18. The van der Waals surface area contributed by atoms with Crippen LogP contribution in [-0.2, 0) is 4.74 Å². The lowest BCUT2D eigenvalue weighted by molar-refractivity contribution is -0.0591. The fourth-order valence-corrected chi connectivity index (χ4v) is 2.30. The van der Waals surface area contributed by atoms with Crippen LogP contribution in [0, 0.1) is 0 Å². The molecule has 0 bridgehead atoms. The number of benzene rings is 3. The molecule has 0 amide bonds. The van der Waals surface area contributed by atoms with Crippen LogP contribution in [0.25, 0.3) is 0 Å². The van der Waals surface area contributed by atoms with Crippen molar-refractivity contribution in [2.45, 2.75) is 12.7 Å². The van der Waals surface area contributed by atoms with Gasteiger partial charge in [-0.05, 0) is 36.4 Å². The van der Waals surface area contributed by atoms with Crippen LogP contribution in [0.15, 0.2) is 91.0 Å². The van der Waals surface area contributed by atoms with E-state index in [-0.39, 0.29) is 0 Å². The van der Waals surface area contributed by atoms with Gasteiger partial charge in [-0.25, -0.2) is 4.79 Å². The van der Waals surface area contributed by atoms with E-state index in [2.05, 4.69) is 0 Å². The summed E-state index contributed by atoms with van der Waals surface area (Å²) >= 11 is 0. The lowest BCUT2D eigenvalue weighted by atomic mass is 10.3. The van der Waals surface area contributed by atoms with Gasteiger partial charge in [-0.3, -0.25) is 0 Å². The summed E-state index contributed by atoms with van der Waals surface area (Å²) in [7, 11) is 0. The normalized spacial score (nSPS) is 11.3. The van der Waals surface area contributed by atoms with Crippen molar-refractivity contribution in [1.29, 1.82) is 0 Å². The molecule has 0 aliphatic carbocycles. The van der Waals surface area contributed by atoms with Crippen molar-refractivity contribution in [2.24, 2.45) is 0 Å². The molecule has 0 aliphatic rings. The SMILES string of the molecule is O=C(Oc1ccccc1)OC(CCOc1ccccc1)Oc1ccccc1. The molecule has 1 atom stereocenters. The van der Waals surface area contributed by atoms with Gasteiger partial charge < -0.3 is 18.9 Å². The van der Waals surface area contributed by atoms with E-state index >= 15 is 0 Å². The monoisotopic (exact) mass is 364 g/mol. The molecule has 3 aromatic carbocycles. The molecule has 0 radical (unpaired) electrons. The molecule has 3 rings (SSSR count). The zero-order valence-corrected chi connectivity index (χ0v) is 14.7. The summed E-state index contributed by atoms with van der Waals surface area (Å²) in [6, 6.07) is 27.3. The predicted molar refractivity (Wildman–Crippen MR) is 101 cm³/mol. The van der Waals surface area contributed by atoms with Gasteiger partial charge in [0, 0.05) is 0 Å². The van der Waals surface area contributed by atoms with Crippen LogP contribution < -0.4 is 14.2 Å². The second-order valence-corrected chi connectivity index (χ2v) is 5.59. The number of carbonyl (C=O) groups excluding carboxylic acids is 1. The molecule has 5 nitrogen and oxygen atoms in total. The van der Waals surface area contributed by atoms with Crippen molar-refractivity contribution >= 4 is 6.16 Å². The Balaban J connectivity index is 1.57. The highest BCUT2D eigenvalue weighted by Crippen LogP contribution is 2.16. The standard InChI is InChI=1S/C22H20O5/c23-22(26-20-14-8-3-9-15-20)27-21(25-19-12-6-2-7-13-19)16-17-24-18-10-4-1-5-11-18/h1-15,21H,16-17H2. The minimum Gasteiger partial charge on any atom is -0.493 e. The second kappa shape index (κ2) is 9.87. The van der Waals surface area contributed by atoms with E-state index in [0.717, 1.165) is 5.75 Å². The third-order valence-electron chi connectivity index (χ3n) is 3.55. The highest BCUT2D eigenvalue weighted by molar-refractivity contribution is 5.63. The van der Waals surface area contributed by atoms with E-state index in [1.807, 2.05) is 54.6 Å². The van der Waals surface area contributed by atoms with Gasteiger partial charge >= 0.3 is 6.16 Å². The molecule has 1 unspecified atom stereocenters. The van der Waals surface area contributed by atoms with E-state index < -0.39 is 12.4 Å². The molecular formula is C22H20O5. The van der Waals surface area contributed by atoms with Gasteiger partial charge in [-0.1, -0.05) is 54.6 Å². The molecule has 138 valence electrons. The Morgan fingerprint density at radius 2 is 1.22 bits per heavy atom. The van der Waals surface area contributed by atoms with Gasteiger partial charge in [0.15, 0.2) is 0 Å². The van der Waals surface area contributed by atoms with Crippen LogP contribution in [0.5, 0.6) is 17.2 Å². The fraction of sp³-hybridized carbons (Fsp3) is 0.136. The molecule has 0 spiro atoms. The molecule has 3 aromatic rings. The van der Waals surface area contributed by atoms with Gasteiger partial charge in [-0.2, -0.15) is 0 Å². The zero-order valence-electron chi connectivity index (χ0n) is 14.7. The summed E-state index contributed by atoms with van der Waals surface area (Å²) in [4.78, 5) is 12.1. The minimum atomic E-state index is -0.840. The molecule has 0 aromatic heterocycles. The molecule has 0 saturated heterocycles. The first-order chi connectivity index (χ1) is 13.3. The van der Waals surface area contributed by atoms with Crippen LogP contribution in [0.4, 0.5) is 4.79 Å². The third kappa shape index (κ3) is 6.40. The molecule has 0 N–H and O–H groups in total. The molecule has 0 heterocycles. The molecule has 5 heteroatoms. The number of carbonyl (C=O) groups is 1. The highest BCUT2D eigenvalue weighted by atomic mass is 16.8. The Kier molecular flexibility index (Phi) is 6.70. The molecule has 0 aliphatic heterocycles. The smallest absolute Gasteiger partial charge is 0.493 e. The maximum Gasteiger partial charge on any atom is 0.516 e. The Morgan fingerprint density at radius 1 is 0.704 bits per heavy atom. The molecular weight excluding hydrogens is 344 g/mol. The summed E-state index contributed by atoms with van der Waals surface area (Å²) in [5.41, 5.74) is 0. The Morgan fingerprint density at radius 3 is 1.81 bits per heavy atom. The van der Waals surface area contributed by atoms with Crippen LogP contribution in [-0.4, -0.2) is 19.1 Å². The first-order valence-electron chi connectivity index (χ1n) is 8.63. The van der Waals surface area contributed by atoms with E-state index in [1.165, 1.54) is 0 Å². The first kappa shape index (κ1) is 18.3. The van der Waals surface area contributed by atoms with Crippen LogP contribution >= 0.6 is 0 Å². The number of para-hydroxylation sites is 3. The Labute approximate surface area is 158 Å². The van der Waals surface area contributed by atoms with Gasteiger partial charge in [-0.15, -0.1) is 0 Å². The molecule has 0 fully saturated rings. The zero-order chi connectivity index (χ0) is 18.7. The lowest BCUT2D eigenvalue weighted by Crippen LogP contribution is -2.28. The average molecular weight is 364 g/mol. The summed E-state index contributed by atoms with van der Waals surface area (Å²) in [6.45, 7) is 0.320. The second-order valence-electron chi connectivity index (χ2n) is 5.59. The quantitative estimate of drug-likeness (QED) is 0.317. The van der Waals surface area contributed by atoms with E-state index in [0.29, 0.717) is 24.5 Å². The van der Waals surface area contributed by atoms with Crippen molar-refractivity contribution in [3.8, 4) is 17.2 Å². The lowest BCUT2D eigenvalue weighted by Gasteiger charge is -2.19. The summed E-state index contributed by atoms with van der Waals surface area (Å²) in [6.07, 6.45) is -1.33. The van der Waals surface area contributed by atoms with E-state index in [4.69, 9.17) is 18.9 Å². The molecule has 27 heavy (non-hydrogen) atoms. The van der Waals surface area contributed by atoms with E-state index in [1.54, 1.807) is 36.4 Å². The summed E-state index contributed by atoms with van der Waals surface area (Å²) in [5.74, 6) is 1.74. The predicted octanol–water partition coefficient (Wildman–Crippen LogP) is 5.08. The van der Waals surface area contributed by atoms with Crippen molar-refractivity contribution in [2.75, 3.05) is 6.61 Å². The van der Waals surface area contributed by atoms with Crippen LogP contribution in [0.1, 0.15) is 6.42 Å². The molecule has 0 saturated carbocycles. The number of ether oxygens (including phenoxy) is 4. The Hall–Kier alpha value is -3.47. The first-order valence-corrected chi connectivity index (χ1v) is 8.63. The van der Waals surface area contributed by atoms with Crippen LogP contribution in [0.3, 0.4) is 0 Å². The summed E-state index contributed by atoms with van der Waals surface area (Å²) in [5, 5.41) is 0. The third-order valence-corrected chi connectivity index (χ3v) is 3.55. The minimum absolute atomic E-state index is 0.320. The van der Waals surface area contributed by atoms with Crippen molar-refractivity contribution < 1.29 is 23.7 Å². The van der Waals surface area contributed by atoms with E-state index in [9.17, 15) is 4.79 Å². The number of hydrogen-bond donors (Lipinski definition) is 0. The Bertz CT molecular complexity index is 806. The number of hydrogen-bond acceptors (Lipinski definition) is 5.